The van der Waals surface area contributed by atoms with Crippen LogP contribution < -0.4 is 10.6 Å². The second-order valence-electron chi connectivity index (χ2n) is 7.06. The fraction of sp³-hybridized carbons (Fsp3) is 0.174. The Balaban J connectivity index is 1.77. The minimum atomic E-state index is -1.28. The van der Waals surface area contributed by atoms with E-state index in [-0.39, 0.29) is 41.3 Å². The Hall–Kier alpha value is -4.65. The summed E-state index contributed by atoms with van der Waals surface area (Å²) in [5.41, 5.74) is 1.12. The third-order valence-corrected chi connectivity index (χ3v) is 4.81. The lowest BCUT2D eigenvalue weighted by Gasteiger charge is -2.08. The van der Waals surface area contributed by atoms with Gasteiger partial charge in [0.25, 0.3) is 5.91 Å². The molecule has 0 aliphatic carbocycles. The first kappa shape index (κ1) is 23.0. The number of rotatable bonds is 8. The molecule has 1 aromatic heterocycles. The molecule has 0 spiro atoms. The van der Waals surface area contributed by atoms with E-state index < -0.39 is 17.8 Å². The number of carbonyl (C=O) groups is 4. The maximum absolute atomic E-state index is 12.7. The van der Waals surface area contributed by atoms with Crippen molar-refractivity contribution in [3.8, 4) is 6.07 Å². The molecular formula is C23H20N4O6. The number of methoxy groups -OCH3 is 1. The SMILES string of the molecule is COC(=O)CCCC(=O)Nc1cccc2cc(C(=O)Nc3ccc(C#N)cc3C(=O)O)[nH]c12. The van der Waals surface area contributed by atoms with Gasteiger partial charge in [-0.2, -0.15) is 5.26 Å². The molecule has 0 unspecified atom stereocenters. The Morgan fingerprint density at radius 2 is 1.85 bits per heavy atom. The van der Waals surface area contributed by atoms with Gasteiger partial charge in [-0.15, -0.1) is 0 Å². The molecule has 3 aromatic rings. The summed E-state index contributed by atoms with van der Waals surface area (Å²) in [6, 6.07) is 12.5. The molecule has 3 rings (SSSR count). The molecule has 0 atom stereocenters. The van der Waals surface area contributed by atoms with Gasteiger partial charge in [0.05, 0.1) is 41.2 Å². The molecule has 10 nitrogen and oxygen atoms in total. The van der Waals surface area contributed by atoms with Crippen LogP contribution in [0.15, 0.2) is 42.5 Å². The number of benzene rings is 2. The van der Waals surface area contributed by atoms with Gasteiger partial charge in [-0.1, -0.05) is 12.1 Å². The lowest BCUT2D eigenvalue weighted by Crippen LogP contribution is -2.15. The lowest BCUT2D eigenvalue weighted by atomic mass is 10.1. The highest BCUT2D eigenvalue weighted by Crippen LogP contribution is 2.25. The van der Waals surface area contributed by atoms with Crippen molar-refractivity contribution in [3.63, 3.8) is 0 Å². The van der Waals surface area contributed by atoms with Gasteiger partial charge in [0.15, 0.2) is 0 Å². The number of carboxylic acids is 1. The predicted molar refractivity (Wildman–Crippen MR) is 119 cm³/mol. The Kier molecular flexibility index (Phi) is 7.05. The van der Waals surface area contributed by atoms with Crippen LogP contribution in [-0.2, 0) is 14.3 Å². The highest BCUT2D eigenvalue weighted by Gasteiger charge is 2.17. The number of aromatic nitrogens is 1. The van der Waals surface area contributed by atoms with Crippen molar-refractivity contribution in [3.05, 3.63) is 59.3 Å². The van der Waals surface area contributed by atoms with Gasteiger partial charge >= 0.3 is 11.9 Å². The van der Waals surface area contributed by atoms with E-state index in [4.69, 9.17) is 5.26 Å². The number of nitrogens with zero attached hydrogens (tertiary/aromatic N) is 1. The number of para-hydroxylation sites is 1. The van der Waals surface area contributed by atoms with E-state index in [0.717, 1.165) is 0 Å². The van der Waals surface area contributed by atoms with Crippen LogP contribution in [0.25, 0.3) is 10.9 Å². The van der Waals surface area contributed by atoms with Crippen LogP contribution >= 0.6 is 0 Å². The Morgan fingerprint density at radius 3 is 2.55 bits per heavy atom. The summed E-state index contributed by atoms with van der Waals surface area (Å²) < 4.78 is 4.55. The van der Waals surface area contributed by atoms with Crippen molar-refractivity contribution in [2.24, 2.45) is 0 Å². The highest BCUT2D eigenvalue weighted by molar-refractivity contribution is 6.10. The van der Waals surface area contributed by atoms with E-state index in [1.165, 1.54) is 25.3 Å². The zero-order chi connectivity index (χ0) is 24.0. The molecule has 0 fully saturated rings. The smallest absolute Gasteiger partial charge is 0.337 e. The third kappa shape index (κ3) is 5.54. The van der Waals surface area contributed by atoms with Crippen molar-refractivity contribution < 1.29 is 29.0 Å². The third-order valence-electron chi connectivity index (χ3n) is 4.81. The maximum atomic E-state index is 12.7. The average molecular weight is 448 g/mol. The molecule has 0 aliphatic rings. The highest BCUT2D eigenvalue weighted by atomic mass is 16.5. The minimum Gasteiger partial charge on any atom is -0.478 e. The van der Waals surface area contributed by atoms with E-state index >= 15 is 0 Å². The summed E-state index contributed by atoms with van der Waals surface area (Å²) in [6.45, 7) is 0. The van der Waals surface area contributed by atoms with Crippen LogP contribution in [0.2, 0.25) is 0 Å². The van der Waals surface area contributed by atoms with Crippen molar-refractivity contribution in [2.45, 2.75) is 19.3 Å². The molecule has 0 saturated heterocycles. The number of amides is 2. The number of H-pyrrole nitrogens is 1. The van der Waals surface area contributed by atoms with Gasteiger partial charge in [-0.3, -0.25) is 14.4 Å². The Labute approximate surface area is 188 Å². The van der Waals surface area contributed by atoms with Crippen molar-refractivity contribution in [1.29, 1.82) is 5.26 Å². The molecular weight excluding hydrogens is 428 g/mol. The topological polar surface area (TPSA) is 161 Å². The van der Waals surface area contributed by atoms with Crippen LogP contribution in [0, 0.1) is 11.3 Å². The van der Waals surface area contributed by atoms with Gasteiger partial charge in [0.1, 0.15) is 5.69 Å². The number of carbonyl (C=O) groups excluding carboxylic acids is 3. The van der Waals surface area contributed by atoms with Gasteiger partial charge in [-0.05, 0) is 36.8 Å². The number of carboxylic acid groups (broad SMARTS) is 1. The number of fused-ring (bicyclic) bond motifs is 1. The molecule has 0 saturated carbocycles. The first-order chi connectivity index (χ1) is 15.8. The molecule has 2 amide bonds. The van der Waals surface area contributed by atoms with Crippen LogP contribution in [0.5, 0.6) is 0 Å². The summed E-state index contributed by atoms with van der Waals surface area (Å²) in [6.07, 6.45) is 0.591. The molecule has 168 valence electrons. The number of hydrogen-bond acceptors (Lipinski definition) is 6. The molecule has 10 heteroatoms. The quantitative estimate of drug-likeness (QED) is 0.384. The van der Waals surface area contributed by atoms with E-state index in [0.29, 0.717) is 23.0 Å². The summed E-state index contributed by atoms with van der Waals surface area (Å²) >= 11 is 0. The van der Waals surface area contributed by atoms with Crippen molar-refractivity contribution in [2.75, 3.05) is 17.7 Å². The molecule has 4 N–H and O–H groups in total. The second kappa shape index (κ2) is 10.1. The predicted octanol–water partition coefficient (Wildman–Crippen LogP) is 3.27. The standard InChI is InChI=1S/C23H20N4O6/c1-33-20(29)7-3-6-19(28)25-17-5-2-4-14-11-18(26-21(14)17)22(30)27-16-9-8-13(12-24)10-15(16)23(31)32/h2,4-5,8-11,26H,3,6-7H2,1H3,(H,25,28)(H,27,30)(H,31,32). The molecule has 0 bridgehead atoms. The zero-order valence-electron chi connectivity index (χ0n) is 17.6. The molecule has 1 heterocycles. The monoisotopic (exact) mass is 448 g/mol. The number of nitriles is 1. The minimum absolute atomic E-state index is 0.0456. The fourth-order valence-electron chi connectivity index (χ4n) is 3.18. The lowest BCUT2D eigenvalue weighted by molar-refractivity contribution is -0.140. The molecule has 0 aliphatic heterocycles. The first-order valence-electron chi connectivity index (χ1n) is 9.89. The van der Waals surface area contributed by atoms with Gasteiger partial charge in [0, 0.05) is 18.2 Å². The number of nitrogens with one attached hydrogen (secondary N) is 3. The van der Waals surface area contributed by atoms with Gasteiger partial charge < -0.3 is 25.5 Å². The van der Waals surface area contributed by atoms with Crippen LogP contribution in [0.1, 0.15) is 45.7 Å². The number of hydrogen-bond donors (Lipinski definition) is 4. The summed E-state index contributed by atoms with van der Waals surface area (Å²) in [5.74, 6) is -2.56. The fourth-order valence-corrected chi connectivity index (χ4v) is 3.18. The molecule has 2 aromatic carbocycles. The summed E-state index contributed by atoms with van der Waals surface area (Å²) in [7, 11) is 1.28. The number of ether oxygens (including phenoxy) is 1. The number of esters is 1. The van der Waals surface area contributed by atoms with E-state index in [1.54, 1.807) is 24.3 Å². The van der Waals surface area contributed by atoms with E-state index in [1.807, 2.05) is 6.07 Å². The molecule has 0 radical (unpaired) electrons. The normalized spacial score (nSPS) is 10.3. The van der Waals surface area contributed by atoms with E-state index in [9.17, 15) is 24.3 Å². The first-order valence-corrected chi connectivity index (χ1v) is 9.89. The van der Waals surface area contributed by atoms with Crippen molar-refractivity contribution in [1.82, 2.24) is 4.98 Å². The summed E-state index contributed by atoms with van der Waals surface area (Å²) in [4.78, 5) is 50.6. The van der Waals surface area contributed by atoms with Crippen LogP contribution in [0.3, 0.4) is 0 Å². The largest absolute Gasteiger partial charge is 0.478 e. The van der Waals surface area contributed by atoms with Crippen molar-refractivity contribution >= 4 is 46.0 Å². The van der Waals surface area contributed by atoms with Gasteiger partial charge in [0.2, 0.25) is 5.91 Å². The second-order valence-corrected chi connectivity index (χ2v) is 7.06. The Morgan fingerprint density at radius 1 is 1.06 bits per heavy atom. The van der Waals surface area contributed by atoms with E-state index in [2.05, 4.69) is 20.4 Å². The number of aromatic amines is 1. The Bertz CT molecular complexity index is 1290. The summed E-state index contributed by atoms with van der Waals surface area (Å²) in [5, 5.41) is 24.3. The zero-order valence-corrected chi connectivity index (χ0v) is 17.6. The average Bonchev–Trinajstić information content (AvgIpc) is 3.24. The molecule has 33 heavy (non-hydrogen) atoms. The number of aromatic carboxylic acids is 1. The number of anilines is 2. The van der Waals surface area contributed by atoms with Crippen LogP contribution in [-0.4, -0.2) is 41.0 Å². The maximum Gasteiger partial charge on any atom is 0.337 e. The van der Waals surface area contributed by atoms with Crippen LogP contribution in [0.4, 0.5) is 11.4 Å². The van der Waals surface area contributed by atoms with Gasteiger partial charge in [-0.25, -0.2) is 4.79 Å².